The maximum absolute atomic E-state index is 11.6. The Kier molecular flexibility index (Phi) is 10.9. The molecule has 0 radical (unpaired) electrons. The lowest BCUT2D eigenvalue weighted by Crippen LogP contribution is -2.35. The third-order valence-corrected chi connectivity index (χ3v) is 3.34. The first-order valence-corrected chi connectivity index (χ1v) is 8.47. The van der Waals surface area contributed by atoms with Crippen LogP contribution in [-0.4, -0.2) is 81.1 Å². The molecular formula is C16H26N4O6. The number of carbonyl (C=O) groups is 4. The van der Waals surface area contributed by atoms with E-state index in [1.54, 1.807) is 0 Å². The second-order valence-corrected chi connectivity index (χ2v) is 5.37. The van der Waals surface area contributed by atoms with Gasteiger partial charge >= 0.3 is 0 Å². The van der Waals surface area contributed by atoms with Gasteiger partial charge in [-0.3, -0.25) is 24.1 Å². The van der Waals surface area contributed by atoms with Crippen LogP contribution in [0.3, 0.4) is 0 Å². The van der Waals surface area contributed by atoms with Crippen molar-refractivity contribution in [2.45, 2.75) is 12.8 Å². The van der Waals surface area contributed by atoms with Gasteiger partial charge in [0.05, 0.1) is 26.4 Å². The van der Waals surface area contributed by atoms with E-state index in [1.807, 2.05) is 0 Å². The van der Waals surface area contributed by atoms with Crippen molar-refractivity contribution in [3.8, 4) is 0 Å². The summed E-state index contributed by atoms with van der Waals surface area (Å²) in [5, 5.41) is 5.27. The van der Waals surface area contributed by atoms with Crippen LogP contribution in [0, 0.1) is 0 Å². The van der Waals surface area contributed by atoms with Crippen molar-refractivity contribution in [3.63, 3.8) is 0 Å². The van der Waals surface area contributed by atoms with Gasteiger partial charge in [0.25, 0.3) is 11.8 Å². The van der Waals surface area contributed by atoms with Crippen LogP contribution in [0.15, 0.2) is 12.2 Å². The molecule has 4 amide bonds. The summed E-state index contributed by atoms with van der Waals surface area (Å²) in [5.74, 6) is -1.17. The van der Waals surface area contributed by atoms with E-state index in [0.717, 1.165) is 4.90 Å². The molecule has 0 atom stereocenters. The molecule has 0 bridgehead atoms. The van der Waals surface area contributed by atoms with E-state index < -0.39 is 11.8 Å². The predicted octanol–water partition coefficient (Wildman–Crippen LogP) is -2.08. The summed E-state index contributed by atoms with van der Waals surface area (Å²) >= 11 is 0. The number of hydrogen-bond acceptors (Lipinski definition) is 7. The molecule has 0 spiro atoms. The summed E-state index contributed by atoms with van der Waals surface area (Å²) in [5.41, 5.74) is 5.27. The lowest BCUT2D eigenvalue weighted by atomic mass is 10.3. The number of hydrogen-bond donors (Lipinski definition) is 3. The maximum Gasteiger partial charge on any atom is 0.253 e. The standard InChI is InChI=1S/C16H26N4O6/c17-5-6-18-14(22)4-9-25-11-12-26-10-7-19-13(21)3-8-20-15(23)1-2-16(20)24/h1-2H,3-12,17H2,(H,18,22)(H,19,21). The van der Waals surface area contributed by atoms with Crippen LogP contribution in [0.1, 0.15) is 12.8 Å². The molecule has 0 aromatic heterocycles. The van der Waals surface area contributed by atoms with E-state index >= 15 is 0 Å². The fourth-order valence-electron chi connectivity index (χ4n) is 2.00. The minimum atomic E-state index is -0.400. The van der Waals surface area contributed by atoms with Gasteiger partial charge in [-0.2, -0.15) is 0 Å². The third-order valence-electron chi connectivity index (χ3n) is 3.34. The molecule has 10 nitrogen and oxygen atoms in total. The number of nitrogens with one attached hydrogen (secondary N) is 2. The molecule has 1 aliphatic rings. The minimum absolute atomic E-state index is 0.0501. The zero-order valence-corrected chi connectivity index (χ0v) is 14.7. The van der Waals surface area contributed by atoms with Crippen molar-refractivity contribution in [1.29, 1.82) is 0 Å². The Balaban J connectivity index is 1.89. The molecular weight excluding hydrogens is 344 g/mol. The first-order chi connectivity index (χ1) is 12.5. The lowest BCUT2D eigenvalue weighted by molar-refractivity contribution is -0.137. The Morgan fingerprint density at radius 2 is 1.46 bits per heavy atom. The van der Waals surface area contributed by atoms with Crippen LogP contribution in [-0.2, 0) is 28.7 Å². The highest BCUT2D eigenvalue weighted by atomic mass is 16.5. The van der Waals surface area contributed by atoms with Gasteiger partial charge in [0.15, 0.2) is 0 Å². The van der Waals surface area contributed by atoms with Crippen LogP contribution >= 0.6 is 0 Å². The van der Waals surface area contributed by atoms with Crippen molar-refractivity contribution in [3.05, 3.63) is 12.2 Å². The second kappa shape index (κ2) is 13.0. The third kappa shape index (κ3) is 9.25. The predicted molar refractivity (Wildman–Crippen MR) is 91.8 cm³/mol. The zero-order chi connectivity index (χ0) is 19.2. The Morgan fingerprint density at radius 3 is 2.12 bits per heavy atom. The van der Waals surface area contributed by atoms with Gasteiger partial charge in [-0.25, -0.2) is 0 Å². The van der Waals surface area contributed by atoms with Crippen LogP contribution in [0.2, 0.25) is 0 Å². The number of nitrogens with zero attached hydrogens (tertiary/aromatic N) is 1. The normalized spacial score (nSPS) is 13.3. The summed E-state index contributed by atoms with van der Waals surface area (Å²) in [6, 6.07) is 0. The smallest absolute Gasteiger partial charge is 0.253 e. The van der Waals surface area contributed by atoms with E-state index in [1.165, 1.54) is 12.2 Å². The molecule has 0 aromatic carbocycles. The van der Waals surface area contributed by atoms with Crippen molar-refractivity contribution in [2.75, 3.05) is 52.6 Å². The molecule has 26 heavy (non-hydrogen) atoms. The van der Waals surface area contributed by atoms with Crippen LogP contribution < -0.4 is 16.4 Å². The van der Waals surface area contributed by atoms with Gasteiger partial charge in [0.2, 0.25) is 11.8 Å². The van der Waals surface area contributed by atoms with E-state index in [-0.39, 0.29) is 31.2 Å². The number of imide groups is 1. The van der Waals surface area contributed by atoms with E-state index in [2.05, 4.69) is 10.6 Å². The van der Waals surface area contributed by atoms with Crippen molar-refractivity contribution < 1.29 is 28.7 Å². The molecule has 10 heteroatoms. The first kappa shape index (κ1) is 21.7. The van der Waals surface area contributed by atoms with Crippen LogP contribution in [0.25, 0.3) is 0 Å². The molecule has 0 aliphatic carbocycles. The monoisotopic (exact) mass is 370 g/mol. The van der Waals surface area contributed by atoms with E-state index in [9.17, 15) is 19.2 Å². The van der Waals surface area contributed by atoms with Crippen molar-refractivity contribution >= 4 is 23.6 Å². The van der Waals surface area contributed by atoms with Gasteiger partial charge in [0, 0.05) is 51.2 Å². The molecule has 0 saturated heterocycles. The largest absolute Gasteiger partial charge is 0.379 e. The molecule has 1 aliphatic heterocycles. The van der Waals surface area contributed by atoms with Gasteiger partial charge in [-0.1, -0.05) is 0 Å². The summed E-state index contributed by atoms with van der Waals surface area (Å²) in [7, 11) is 0. The number of rotatable bonds is 14. The maximum atomic E-state index is 11.6. The number of ether oxygens (including phenoxy) is 2. The SMILES string of the molecule is NCCNC(=O)CCOCCOCCNC(=O)CCN1C(=O)C=CC1=O. The van der Waals surface area contributed by atoms with Crippen LogP contribution in [0.4, 0.5) is 0 Å². The Bertz CT molecular complexity index is 505. The first-order valence-electron chi connectivity index (χ1n) is 8.47. The number of carbonyl (C=O) groups excluding carboxylic acids is 4. The summed E-state index contributed by atoms with van der Waals surface area (Å²) < 4.78 is 10.5. The zero-order valence-electron chi connectivity index (χ0n) is 14.7. The molecule has 0 aromatic rings. The minimum Gasteiger partial charge on any atom is -0.379 e. The second-order valence-electron chi connectivity index (χ2n) is 5.37. The summed E-state index contributed by atoms with van der Waals surface area (Å²) in [6.07, 6.45) is 2.69. The number of nitrogens with two attached hydrogens (primary N) is 1. The molecule has 146 valence electrons. The van der Waals surface area contributed by atoms with Gasteiger partial charge in [-0.15, -0.1) is 0 Å². The van der Waals surface area contributed by atoms with Crippen LogP contribution in [0.5, 0.6) is 0 Å². The average Bonchev–Trinajstić information content (AvgIpc) is 2.94. The Labute approximate surface area is 152 Å². The fraction of sp³-hybridized carbons (Fsp3) is 0.625. The lowest BCUT2D eigenvalue weighted by Gasteiger charge is -2.13. The van der Waals surface area contributed by atoms with Crippen molar-refractivity contribution in [2.24, 2.45) is 5.73 Å². The highest BCUT2D eigenvalue weighted by Crippen LogP contribution is 2.03. The molecule has 0 saturated carbocycles. The quantitative estimate of drug-likeness (QED) is 0.235. The van der Waals surface area contributed by atoms with Gasteiger partial charge in [0.1, 0.15) is 0 Å². The van der Waals surface area contributed by atoms with Gasteiger partial charge < -0.3 is 25.8 Å². The molecule has 0 unspecified atom stereocenters. The highest BCUT2D eigenvalue weighted by Gasteiger charge is 2.23. The summed E-state index contributed by atoms with van der Waals surface area (Å²) in [6.45, 7) is 2.56. The van der Waals surface area contributed by atoms with Gasteiger partial charge in [-0.05, 0) is 0 Å². The molecule has 1 heterocycles. The fourth-order valence-corrected chi connectivity index (χ4v) is 2.00. The van der Waals surface area contributed by atoms with E-state index in [0.29, 0.717) is 46.1 Å². The summed E-state index contributed by atoms with van der Waals surface area (Å²) in [4.78, 5) is 46.5. The molecule has 4 N–H and O–H groups in total. The Morgan fingerprint density at radius 1 is 0.885 bits per heavy atom. The highest BCUT2D eigenvalue weighted by molar-refractivity contribution is 6.13. The topological polar surface area (TPSA) is 140 Å². The van der Waals surface area contributed by atoms with E-state index in [4.69, 9.17) is 15.2 Å². The Hall–Kier alpha value is -2.30. The van der Waals surface area contributed by atoms with Crippen molar-refractivity contribution in [1.82, 2.24) is 15.5 Å². The molecule has 1 rings (SSSR count). The number of amides is 4. The average molecular weight is 370 g/mol. The molecule has 0 fully saturated rings.